The predicted octanol–water partition coefficient (Wildman–Crippen LogP) is 3.03. The number of hydrogen-bond donors (Lipinski definition) is 2. The van der Waals surface area contributed by atoms with Gasteiger partial charge in [-0.1, -0.05) is 11.6 Å². The van der Waals surface area contributed by atoms with Crippen LogP contribution in [-0.4, -0.2) is 39.2 Å². The van der Waals surface area contributed by atoms with Gasteiger partial charge in [0.1, 0.15) is 17.2 Å². The van der Waals surface area contributed by atoms with Crippen LogP contribution in [-0.2, 0) is 10.2 Å². The Morgan fingerprint density at radius 2 is 1.75 bits per heavy atom. The third-order valence-corrected chi connectivity index (χ3v) is 5.63. The van der Waals surface area contributed by atoms with E-state index in [4.69, 9.17) is 32.5 Å². The van der Waals surface area contributed by atoms with Crippen molar-refractivity contribution >= 4 is 39.4 Å². The van der Waals surface area contributed by atoms with E-state index in [1.54, 1.807) is 23.1 Å². The summed E-state index contributed by atoms with van der Waals surface area (Å²) in [4.78, 5) is 9.64. The number of aliphatic imine (C=N–C) groups is 2. The molecule has 0 bridgehead atoms. The number of hydrogen-bond acceptors (Lipinski definition) is 9. The molecule has 172 valence electrons. The van der Waals surface area contributed by atoms with Crippen LogP contribution in [0.2, 0.25) is 5.02 Å². The van der Waals surface area contributed by atoms with E-state index < -0.39 is 20.8 Å². The Kier molecular flexibility index (Phi) is 6.79. The molecule has 0 saturated heterocycles. The summed E-state index contributed by atoms with van der Waals surface area (Å²) in [6.45, 7) is 4.30. The molecular formula is C20H23ClFN5O4S. The van der Waals surface area contributed by atoms with Crippen molar-refractivity contribution in [1.29, 1.82) is 0 Å². The van der Waals surface area contributed by atoms with Crippen LogP contribution >= 0.6 is 11.6 Å². The van der Waals surface area contributed by atoms with Gasteiger partial charge in [0.05, 0.1) is 28.8 Å². The number of benzene rings is 2. The van der Waals surface area contributed by atoms with Crippen molar-refractivity contribution in [3.05, 3.63) is 47.5 Å². The molecule has 0 saturated carbocycles. The highest BCUT2D eigenvalue weighted by atomic mass is 35.5. The Labute approximate surface area is 190 Å². The van der Waals surface area contributed by atoms with Crippen molar-refractivity contribution in [3.8, 4) is 11.5 Å². The van der Waals surface area contributed by atoms with E-state index in [2.05, 4.69) is 9.98 Å². The molecular weight excluding hydrogens is 461 g/mol. The molecule has 0 amide bonds. The Hall–Kier alpha value is -3.05. The van der Waals surface area contributed by atoms with Crippen molar-refractivity contribution < 1.29 is 21.8 Å². The second-order valence-corrected chi connectivity index (χ2v) is 9.10. The van der Waals surface area contributed by atoms with Crippen LogP contribution in [0.1, 0.15) is 20.3 Å². The molecule has 32 heavy (non-hydrogen) atoms. The van der Waals surface area contributed by atoms with Gasteiger partial charge in [-0.05, 0) is 50.2 Å². The van der Waals surface area contributed by atoms with E-state index in [1.165, 1.54) is 12.1 Å². The van der Waals surface area contributed by atoms with Gasteiger partial charge in [-0.15, -0.1) is 3.89 Å². The summed E-state index contributed by atoms with van der Waals surface area (Å²) in [6, 6.07) is 10.3. The first kappa shape index (κ1) is 23.6. The fraction of sp³-hybridized carbons (Fsp3) is 0.300. The van der Waals surface area contributed by atoms with Crippen molar-refractivity contribution in [2.75, 3.05) is 18.1 Å². The first-order chi connectivity index (χ1) is 15.0. The Balaban J connectivity index is 1.58. The fourth-order valence-electron chi connectivity index (χ4n) is 3.12. The molecule has 0 aliphatic carbocycles. The van der Waals surface area contributed by atoms with Crippen LogP contribution in [0, 0.1) is 0 Å². The van der Waals surface area contributed by atoms with Crippen molar-refractivity contribution in [3.63, 3.8) is 0 Å². The number of rotatable bonds is 8. The summed E-state index contributed by atoms with van der Waals surface area (Å²) in [7, 11) is -4.73. The van der Waals surface area contributed by atoms with Crippen LogP contribution in [0.25, 0.3) is 0 Å². The highest BCUT2D eigenvalue weighted by Crippen LogP contribution is 2.34. The van der Waals surface area contributed by atoms with Gasteiger partial charge in [0, 0.05) is 12.5 Å². The molecule has 12 heteroatoms. The zero-order valence-electron chi connectivity index (χ0n) is 17.5. The molecule has 0 atom stereocenters. The quantitative estimate of drug-likeness (QED) is 0.435. The maximum atomic E-state index is 12.9. The first-order valence-corrected chi connectivity index (χ1v) is 11.3. The van der Waals surface area contributed by atoms with Crippen molar-refractivity contribution in [1.82, 2.24) is 0 Å². The summed E-state index contributed by atoms with van der Waals surface area (Å²) in [6.07, 6.45) is 0.517. The number of nitrogens with zero attached hydrogens (tertiary/aromatic N) is 3. The lowest BCUT2D eigenvalue weighted by Crippen LogP contribution is -2.54. The van der Waals surface area contributed by atoms with E-state index in [-0.39, 0.29) is 11.9 Å². The second kappa shape index (κ2) is 9.21. The zero-order chi connectivity index (χ0) is 23.5. The zero-order valence-corrected chi connectivity index (χ0v) is 19.0. The van der Waals surface area contributed by atoms with Crippen molar-refractivity contribution in [2.24, 2.45) is 21.5 Å². The average Bonchev–Trinajstić information content (AvgIpc) is 2.68. The minimum absolute atomic E-state index is 0.107. The standard InChI is InChI=1S/C20H23ClFN5O4S/c1-20(2)26-18(23)25-19(24)27(20)13-4-9-16(21)17(12-13)31-11-3-10-30-14-5-7-15(8-6-14)32(22,28)29/h4-9,12H,3,10-11H2,1-2H3,(H4,23,24,25,26). The SMILES string of the molecule is CC1(C)N=C(N)N=C(N)N1c1ccc(Cl)c(OCCCOc2ccc(S(=O)(=O)F)cc2)c1. The molecule has 1 heterocycles. The number of halogens is 2. The van der Waals surface area contributed by atoms with Gasteiger partial charge >= 0.3 is 10.2 Å². The summed E-state index contributed by atoms with van der Waals surface area (Å²) in [5.41, 5.74) is 11.7. The Bertz CT molecular complexity index is 1150. The molecule has 3 rings (SSSR count). The Morgan fingerprint density at radius 1 is 1.09 bits per heavy atom. The van der Waals surface area contributed by atoms with Crippen LogP contribution in [0.5, 0.6) is 11.5 Å². The molecule has 9 nitrogen and oxygen atoms in total. The molecule has 2 aromatic rings. The number of ether oxygens (including phenoxy) is 2. The van der Waals surface area contributed by atoms with Gasteiger partial charge in [0.2, 0.25) is 11.9 Å². The van der Waals surface area contributed by atoms with Crippen LogP contribution < -0.4 is 25.8 Å². The van der Waals surface area contributed by atoms with Crippen LogP contribution in [0.3, 0.4) is 0 Å². The summed E-state index contributed by atoms with van der Waals surface area (Å²) < 4.78 is 45.9. The summed E-state index contributed by atoms with van der Waals surface area (Å²) >= 11 is 6.26. The van der Waals surface area contributed by atoms with Crippen LogP contribution in [0.15, 0.2) is 57.3 Å². The molecule has 0 fully saturated rings. The van der Waals surface area contributed by atoms with E-state index in [0.717, 1.165) is 12.1 Å². The lowest BCUT2D eigenvalue weighted by molar-refractivity contribution is 0.247. The molecule has 1 aliphatic heterocycles. The summed E-state index contributed by atoms with van der Waals surface area (Å²) in [5, 5.41) is 0.422. The van der Waals surface area contributed by atoms with Gasteiger partial charge in [-0.3, -0.25) is 4.90 Å². The predicted molar refractivity (Wildman–Crippen MR) is 122 cm³/mol. The van der Waals surface area contributed by atoms with E-state index >= 15 is 0 Å². The molecule has 0 spiro atoms. The summed E-state index contributed by atoms with van der Waals surface area (Å²) in [5.74, 6) is 1.18. The molecule has 1 aliphatic rings. The second-order valence-electron chi connectivity index (χ2n) is 7.34. The van der Waals surface area contributed by atoms with Gasteiger partial charge in [0.15, 0.2) is 0 Å². The fourth-order valence-corrected chi connectivity index (χ4v) is 3.76. The maximum Gasteiger partial charge on any atom is 0.332 e. The molecule has 0 radical (unpaired) electrons. The highest BCUT2D eigenvalue weighted by molar-refractivity contribution is 7.86. The molecule has 0 unspecified atom stereocenters. The van der Waals surface area contributed by atoms with Gasteiger partial charge < -0.3 is 20.9 Å². The van der Waals surface area contributed by atoms with Gasteiger partial charge in [-0.2, -0.15) is 13.4 Å². The van der Waals surface area contributed by atoms with Crippen LogP contribution in [0.4, 0.5) is 9.57 Å². The largest absolute Gasteiger partial charge is 0.493 e. The average molecular weight is 484 g/mol. The van der Waals surface area contributed by atoms with E-state index in [9.17, 15) is 12.3 Å². The number of nitrogens with two attached hydrogens (primary N) is 2. The first-order valence-electron chi connectivity index (χ1n) is 9.57. The monoisotopic (exact) mass is 483 g/mol. The topological polar surface area (TPSA) is 133 Å². The van der Waals surface area contributed by atoms with E-state index in [0.29, 0.717) is 41.8 Å². The third-order valence-electron chi connectivity index (χ3n) is 4.49. The van der Waals surface area contributed by atoms with Crippen molar-refractivity contribution in [2.45, 2.75) is 30.8 Å². The lowest BCUT2D eigenvalue weighted by atomic mass is 10.1. The normalized spacial score (nSPS) is 15.7. The Morgan fingerprint density at radius 3 is 2.38 bits per heavy atom. The van der Waals surface area contributed by atoms with E-state index in [1.807, 2.05) is 13.8 Å². The molecule has 4 N–H and O–H groups in total. The minimum Gasteiger partial charge on any atom is -0.493 e. The van der Waals surface area contributed by atoms with Gasteiger partial charge in [0.25, 0.3) is 0 Å². The number of guanidine groups is 2. The third kappa shape index (κ3) is 5.60. The number of anilines is 1. The molecule has 0 aromatic heterocycles. The van der Waals surface area contributed by atoms with Gasteiger partial charge in [-0.25, -0.2) is 4.99 Å². The highest BCUT2D eigenvalue weighted by Gasteiger charge is 2.33. The smallest absolute Gasteiger partial charge is 0.332 e. The molecule has 2 aromatic carbocycles. The maximum absolute atomic E-state index is 12.9. The lowest BCUT2D eigenvalue weighted by Gasteiger charge is -2.38. The minimum atomic E-state index is -4.73.